The van der Waals surface area contributed by atoms with Gasteiger partial charge in [-0.15, -0.1) is 0 Å². The molecule has 0 radical (unpaired) electrons. The zero-order chi connectivity index (χ0) is 17.5. The van der Waals surface area contributed by atoms with E-state index in [9.17, 15) is 4.79 Å². The number of hydrogen-bond acceptors (Lipinski definition) is 3. The maximum absolute atomic E-state index is 12.1. The first-order valence-electron chi connectivity index (χ1n) is 8.84. The third-order valence-electron chi connectivity index (χ3n) is 4.65. The van der Waals surface area contributed by atoms with Crippen molar-refractivity contribution >= 4 is 12.0 Å². The molecule has 2 rings (SSSR count). The van der Waals surface area contributed by atoms with Crippen molar-refractivity contribution in [2.24, 2.45) is 11.8 Å². The number of carbonyl (C=O) groups is 1. The molecule has 0 aromatic heterocycles. The van der Waals surface area contributed by atoms with Gasteiger partial charge in [0.25, 0.3) is 0 Å². The molecule has 1 N–H and O–H groups in total. The molecular formula is C20H30N2O2. The lowest BCUT2D eigenvalue weighted by Crippen LogP contribution is -2.51. The molecule has 1 amide bonds. The normalized spacial score (nSPS) is 21.5. The minimum atomic E-state index is 0.0884. The Kier molecular flexibility index (Phi) is 6.85. The highest BCUT2D eigenvalue weighted by molar-refractivity contribution is 5.78. The maximum Gasteiger partial charge on any atom is 0.225 e. The van der Waals surface area contributed by atoms with Crippen LogP contribution in [0.15, 0.2) is 30.3 Å². The standard InChI is InChI=1S/C20H30N2O2/c1-15(2)20(23)22-13-11-18(16(3)14-22)21-12-7-9-17-8-5-6-10-19(17)24-4/h5-10,15-16,18,21H,11-14H2,1-4H3/b9-7-/t16-,18+/m0/s1. The van der Waals surface area contributed by atoms with Gasteiger partial charge in [-0.25, -0.2) is 0 Å². The van der Waals surface area contributed by atoms with E-state index in [-0.39, 0.29) is 11.8 Å². The summed E-state index contributed by atoms with van der Waals surface area (Å²) in [5.74, 6) is 1.73. The maximum atomic E-state index is 12.1. The van der Waals surface area contributed by atoms with E-state index in [4.69, 9.17) is 4.74 Å². The molecule has 4 nitrogen and oxygen atoms in total. The Hall–Kier alpha value is -1.81. The quantitative estimate of drug-likeness (QED) is 0.871. The summed E-state index contributed by atoms with van der Waals surface area (Å²) in [6.07, 6.45) is 5.24. The molecule has 1 aromatic carbocycles. The summed E-state index contributed by atoms with van der Waals surface area (Å²) in [6, 6.07) is 8.47. The Balaban J connectivity index is 1.81. The van der Waals surface area contributed by atoms with Gasteiger partial charge in [0.2, 0.25) is 5.91 Å². The molecule has 0 unspecified atom stereocenters. The first-order chi connectivity index (χ1) is 11.5. The van der Waals surface area contributed by atoms with Crippen molar-refractivity contribution < 1.29 is 9.53 Å². The number of amides is 1. The fourth-order valence-corrected chi connectivity index (χ4v) is 3.22. The van der Waals surface area contributed by atoms with Crippen LogP contribution in [0.2, 0.25) is 0 Å². The smallest absolute Gasteiger partial charge is 0.225 e. The van der Waals surface area contributed by atoms with Gasteiger partial charge in [0.15, 0.2) is 0 Å². The van der Waals surface area contributed by atoms with E-state index in [1.54, 1.807) is 7.11 Å². The van der Waals surface area contributed by atoms with Crippen molar-refractivity contribution in [2.45, 2.75) is 33.2 Å². The summed E-state index contributed by atoms with van der Waals surface area (Å²) in [5.41, 5.74) is 1.09. The first-order valence-corrected chi connectivity index (χ1v) is 8.84. The number of piperidine rings is 1. The molecule has 1 fully saturated rings. The summed E-state index contributed by atoms with van der Waals surface area (Å²) < 4.78 is 5.35. The topological polar surface area (TPSA) is 41.6 Å². The van der Waals surface area contributed by atoms with Gasteiger partial charge < -0.3 is 15.0 Å². The van der Waals surface area contributed by atoms with Crippen molar-refractivity contribution in [2.75, 3.05) is 26.7 Å². The number of methoxy groups -OCH3 is 1. The van der Waals surface area contributed by atoms with Gasteiger partial charge in [-0.2, -0.15) is 0 Å². The van der Waals surface area contributed by atoms with E-state index < -0.39 is 0 Å². The number of para-hydroxylation sites is 1. The molecule has 132 valence electrons. The second-order valence-electron chi connectivity index (χ2n) is 6.86. The van der Waals surface area contributed by atoms with Gasteiger partial charge in [0.05, 0.1) is 7.11 Å². The minimum absolute atomic E-state index is 0.0884. The Morgan fingerprint density at radius 2 is 2.17 bits per heavy atom. The van der Waals surface area contributed by atoms with E-state index in [1.165, 1.54) is 0 Å². The van der Waals surface area contributed by atoms with Crippen molar-refractivity contribution in [3.8, 4) is 5.75 Å². The van der Waals surface area contributed by atoms with Crippen molar-refractivity contribution in [3.05, 3.63) is 35.9 Å². The van der Waals surface area contributed by atoms with Crippen LogP contribution in [-0.2, 0) is 4.79 Å². The summed E-state index contributed by atoms with van der Waals surface area (Å²) in [6.45, 7) is 8.70. The SMILES string of the molecule is COc1ccccc1/C=C\CN[C@@H]1CCN(C(=O)C(C)C)C[C@@H]1C. The average Bonchev–Trinajstić information content (AvgIpc) is 2.59. The third-order valence-corrected chi connectivity index (χ3v) is 4.65. The molecule has 1 heterocycles. The molecular weight excluding hydrogens is 300 g/mol. The molecule has 0 saturated carbocycles. The molecule has 4 heteroatoms. The molecule has 0 aliphatic carbocycles. The monoisotopic (exact) mass is 330 g/mol. The van der Waals surface area contributed by atoms with Gasteiger partial charge in [-0.05, 0) is 18.4 Å². The molecule has 1 aromatic rings. The summed E-state index contributed by atoms with van der Waals surface area (Å²) in [7, 11) is 1.69. The molecule has 0 bridgehead atoms. The van der Waals surface area contributed by atoms with Crippen LogP contribution >= 0.6 is 0 Å². The number of ether oxygens (including phenoxy) is 1. The third kappa shape index (κ3) is 4.84. The van der Waals surface area contributed by atoms with Gasteiger partial charge >= 0.3 is 0 Å². The van der Waals surface area contributed by atoms with Gasteiger partial charge in [-0.3, -0.25) is 4.79 Å². The highest BCUT2D eigenvalue weighted by atomic mass is 16.5. The number of nitrogens with one attached hydrogen (secondary N) is 1. The zero-order valence-corrected chi connectivity index (χ0v) is 15.3. The number of hydrogen-bond donors (Lipinski definition) is 1. The largest absolute Gasteiger partial charge is 0.496 e. The van der Waals surface area contributed by atoms with Crippen molar-refractivity contribution in [3.63, 3.8) is 0 Å². The Morgan fingerprint density at radius 1 is 1.42 bits per heavy atom. The predicted octanol–water partition coefficient (Wildman–Crippen LogP) is 3.19. The van der Waals surface area contributed by atoms with Gasteiger partial charge in [0.1, 0.15) is 5.75 Å². The predicted molar refractivity (Wildman–Crippen MR) is 99.0 cm³/mol. The average molecular weight is 330 g/mol. The Labute approximate surface area is 145 Å². The van der Waals surface area contributed by atoms with E-state index in [1.807, 2.05) is 43.0 Å². The highest BCUT2D eigenvalue weighted by Gasteiger charge is 2.28. The Bertz CT molecular complexity index is 569. The van der Waals surface area contributed by atoms with Crippen LogP contribution in [0.4, 0.5) is 0 Å². The van der Waals surface area contributed by atoms with Crippen LogP contribution in [0.25, 0.3) is 6.08 Å². The van der Waals surface area contributed by atoms with Crippen LogP contribution in [0, 0.1) is 11.8 Å². The van der Waals surface area contributed by atoms with Crippen LogP contribution in [0.5, 0.6) is 5.75 Å². The van der Waals surface area contributed by atoms with Crippen molar-refractivity contribution in [1.82, 2.24) is 10.2 Å². The lowest BCUT2D eigenvalue weighted by Gasteiger charge is -2.38. The summed E-state index contributed by atoms with van der Waals surface area (Å²) >= 11 is 0. The Morgan fingerprint density at radius 3 is 2.83 bits per heavy atom. The second-order valence-corrected chi connectivity index (χ2v) is 6.86. The fraction of sp³-hybridized carbons (Fsp3) is 0.550. The minimum Gasteiger partial charge on any atom is -0.496 e. The van der Waals surface area contributed by atoms with E-state index in [2.05, 4.69) is 24.4 Å². The van der Waals surface area contributed by atoms with E-state index >= 15 is 0 Å². The lowest BCUT2D eigenvalue weighted by atomic mass is 9.93. The number of rotatable bonds is 6. The van der Waals surface area contributed by atoms with Crippen molar-refractivity contribution in [1.29, 1.82) is 0 Å². The van der Waals surface area contributed by atoms with E-state index in [0.717, 1.165) is 37.4 Å². The summed E-state index contributed by atoms with van der Waals surface area (Å²) in [4.78, 5) is 14.1. The molecule has 0 spiro atoms. The van der Waals surface area contributed by atoms with Gasteiger partial charge in [0, 0.05) is 37.2 Å². The van der Waals surface area contributed by atoms with Crippen LogP contribution in [0.3, 0.4) is 0 Å². The lowest BCUT2D eigenvalue weighted by molar-refractivity contribution is -0.136. The molecule has 1 saturated heterocycles. The summed E-state index contributed by atoms with van der Waals surface area (Å²) in [5, 5.41) is 3.60. The molecule has 1 aliphatic rings. The molecule has 2 atom stereocenters. The van der Waals surface area contributed by atoms with Crippen LogP contribution in [-0.4, -0.2) is 43.6 Å². The molecule has 1 aliphatic heterocycles. The first kappa shape index (κ1) is 18.5. The van der Waals surface area contributed by atoms with Crippen LogP contribution in [0.1, 0.15) is 32.8 Å². The highest BCUT2D eigenvalue weighted by Crippen LogP contribution is 2.20. The number of benzene rings is 1. The second kappa shape index (κ2) is 8.88. The number of nitrogens with zero attached hydrogens (tertiary/aromatic N) is 1. The van der Waals surface area contributed by atoms with Gasteiger partial charge in [-0.1, -0.05) is 51.1 Å². The fourth-order valence-electron chi connectivity index (χ4n) is 3.22. The van der Waals surface area contributed by atoms with E-state index in [0.29, 0.717) is 12.0 Å². The number of carbonyl (C=O) groups excluding carboxylic acids is 1. The van der Waals surface area contributed by atoms with Crippen LogP contribution < -0.4 is 10.1 Å². The number of likely N-dealkylation sites (tertiary alicyclic amines) is 1. The molecule has 24 heavy (non-hydrogen) atoms. The zero-order valence-electron chi connectivity index (χ0n) is 15.3.